The van der Waals surface area contributed by atoms with Gasteiger partial charge in [0, 0.05) is 43.4 Å². The molecule has 0 aliphatic carbocycles. The SMILES string of the molecule is c1ccc(-c2cc(-c3ccccc3)nc(-n3c4ccccc4c4c3ccc3c5cccc6c7ccccc7n(c65)c34)n2)cc1. The fourth-order valence-corrected chi connectivity index (χ4v) is 7.22. The van der Waals surface area contributed by atoms with Crippen LogP contribution >= 0.6 is 0 Å². The summed E-state index contributed by atoms with van der Waals surface area (Å²) in [5.41, 5.74) is 9.83. The van der Waals surface area contributed by atoms with E-state index in [1.807, 2.05) is 12.1 Å². The standard InChI is InChI=1S/C40H24N4/c1-3-12-25(13-4-1)32-24-33(26-14-5-2-6-15-26)42-40(41-32)43-35-21-10-8-17-31(35)37-36(43)23-22-30-29-19-11-18-28-27-16-7-9-20-34(27)44(38(28)29)39(30)37/h1-24H. The van der Waals surface area contributed by atoms with Crippen LogP contribution in [0.1, 0.15) is 0 Å². The molecule has 10 aromatic rings. The summed E-state index contributed by atoms with van der Waals surface area (Å²) in [5, 5.41) is 7.51. The Morgan fingerprint density at radius 2 is 0.932 bits per heavy atom. The Kier molecular flexibility index (Phi) is 4.69. The predicted octanol–water partition coefficient (Wildman–Crippen LogP) is 10.1. The third-order valence-corrected chi connectivity index (χ3v) is 9.07. The predicted molar refractivity (Wildman–Crippen MR) is 182 cm³/mol. The number of hydrogen-bond acceptors (Lipinski definition) is 2. The molecule has 4 nitrogen and oxygen atoms in total. The molecular formula is C40H24N4. The van der Waals surface area contributed by atoms with Crippen molar-refractivity contribution in [2.24, 2.45) is 0 Å². The van der Waals surface area contributed by atoms with Gasteiger partial charge in [-0.2, -0.15) is 0 Å². The Morgan fingerprint density at radius 3 is 1.64 bits per heavy atom. The van der Waals surface area contributed by atoms with Gasteiger partial charge in [0.15, 0.2) is 0 Å². The van der Waals surface area contributed by atoms with Gasteiger partial charge in [-0.05, 0) is 24.3 Å². The summed E-state index contributed by atoms with van der Waals surface area (Å²) >= 11 is 0. The van der Waals surface area contributed by atoms with Crippen LogP contribution in [0.25, 0.3) is 88.4 Å². The Bertz CT molecular complexity index is 2640. The molecule has 0 N–H and O–H groups in total. The fourth-order valence-electron chi connectivity index (χ4n) is 7.22. The normalized spacial score (nSPS) is 12.1. The van der Waals surface area contributed by atoms with Gasteiger partial charge in [-0.1, -0.05) is 121 Å². The number of aromatic nitrogens is 4. The highest BCUT2D eigenvalue weighted by atomic mass is 15.2. The first-order valence-electron chi connectivity index (χ1n) is 14.9. The van der Waals surface area contributed by atoms with Gasteiger partial charge < -0.3 is 4.40 Å². The highest BCUT2D eigenvalue weighted by molar-refractivity contribution is 6.30. The number of hydrogen-bond donors (Lipinski definition) is 0. The molecule has 4 heterocycles. The summed E-state index contributed by atoms with van der Waals surface area (Å²) in [6.07, 6.45) is 0. The number of fused-ring (bicyclic) bond motifs is 10. The lowest BCUT2D eigenvalue weighted by Crippen LogP contribution is -2.04. The van der Waals surface area contributed by atoms with E-state index in [0.717, 1.165) is 33.5 Å². The van der Waals surface area contributed by atoms with E-state index in [2.05, 4.69) is 142 Å². The molecule has 0 fully saturated rings. The molecule has 0 atom stereocenters. The van der Waals surface area contributed by atoms with Crippen molar-refractivity contribution < 1.29 is 0 Å². The molecule has 0 amide bonds. The van der Waals surface area contributed by atoms with Crippen LogP contribution in [0.15, 0.2) is 146 Å². The van der Waals surface area contributed by atoms with E-state index in [9.17, 15) is 0 Å². The van der Waals surface area contributed by atoms with Gasteiger partial charge >= 0.3 is 0 Å². The molecule has 10 rings (SSSR count). The average Bonchev–Trinajstić information content (AvgIpc) is 3.74. The first kappa shape index (κ1) is 23.6. The zero-order valence-electron chi connectivity index (χ0n) is 23.6. The number of para-hydroxylation sites is 3. The second-order valence-electron chi connectivity index (χ2n) is 11.4. The molecule has 0 aliphatic rings. The van der Waals surface area contributed by atoms with Crippen LogP contribution in [0, 0.1) is 0 Å². The van der Waals surface area contributed by atoms with Crippen molar-refractivity contribution in [3.05, 3.63) is 146 Å². The largest absolute Gasteiger partial charge is 0.307 e. The number of benzene rings is 6. The van der Waals surface area contributed by atoms with Gasteiger partial charge in [0.1, 0.15) is 0 Å². The Labute approximate surface area is 252 Å². The summed E-state index contributed by atoms with van der Waals surface area (Å²) in [5.74, 6) is 0.661. The smallest absolute Gasteiger partial charge is 0.235 e. The van der Waals surface area contributed by atoms with Gasteiger partial charge in [-0.25, -0.2) is 9.97 Å². The minimum Gasteiger partial charge on any atom is -0.307 e. The molecular weight excluding hydrogens is 536 g/mol. The lowest BCUT2D eigenvalue weighted by molar-refractivity contribution is 0.996. The summed E-state index contributed by atoms with van der Waals surface area (Å²) in [6.45, 7) is 0. The second kappa shape index (κ2) is 8.76. The first-order valence-corrected chi connectivity index (χ1v) is 14.9. The molecule has 0 saturated carbocycles. The van der Waals surface area contributed by atoms with E-state index in [4.69, 9.17) is 9.97 Å². The van der Waals surface area contributed by atoms with Crippen LogP contribution in [0.5, 0.6) is 0 Å². The van der Waals surface area contributed by atoms with Crippen LogP contribution in [-0.2, 0) is 0 Å². The highest BCUT2D eigenvalue weighted by Crippen LogP contribution is 2.44. The minimum atomic E-state index is 0.661. The summed E-state index contributed by atoms with van der Waals surface area (Å²) in [6, 6.07) is 51.5. The zero-order chi connectivity index (χ0) is 28.8. The van der Waals surface area contributed by atoms with Crippen molar-refractivity contribution in [2.45, 2.75) is 0 Å². The Balaban J connectivity index is 1.38. The summed E-state index contributed by atoms with van der Waals surface area (Å²) in [7, 11) is 0. The van der Waals surface area contributed by atoms with Gasteiger partial charge in [0.25, 0.3) is 0 Å². The monoisotopic (exact) mass is 560 g/mol. The lowest BCUT2D eigenvalue weighted by atomic mass is 10.1. The Hall–Kier alpha value is -6.00. The maximum Gasteiger partial charge on any atom is 0.235 e. The number of nitrogens with zero attached hydrogens (tertiary/aromatic N) is 4. The van der Waals surface area contributed by atoms with Crippen molar-refractivity contribution in [3.8, 4) is 28.5 Å². The maximum atomic E-state index is 5.23. The minimum absolute atomic E-state index is 0.661. The lowest BCUT2D eigenvalue weighted by Gasteiger charge is -2.11. The van der Waals surface area contributed by atoms with E-state index >= 15 is 0 Å². The van der Waals surface area contributed by atoms with Gasteiger partial charge in [-0.3, -0.25) is 4.57 Å². The van der Waals surface area contributed by atoms with Crippen LogP contribution < -0.4 is 0 Å². The van der Waals surface area contributed by atoms with Gasteiger partial charge in [0.05, 0.1) is 39.0 Å². The van der Waals surface area contributed by atoms with E-state index < -0.39 is 0 Å². The topological polar surface area (TPSA) is 35.1 Å². The van der Waals surface area contributed by atoms with E-state index in [-0.39, 0.29) is 0 Å². The van der Waals surface area contributed by atoms with Crippen molar-refractivity contribution in [1.82, 2.24) is 18.9 Å². The molecule has 4 aromatic heterocycles. The van der Waals surface area contributed by atoms with Crippen molar-refractivity contribution in [3.63, 3.8) is 0 Å². The van der Waals surface area contributed by atoms with Crippen molar-refractivity contribution in [1.29, 1.82) is 0 Å². The molecule has 0 aliphatic heterocycles. The Morgan fingerprint density at radius 1 is 0.386 bits per heavy atom. The first-order chi connectivity index (χ1) is 21.8. The third kappa shape index (κ3) is 3.11. The summed E-state index contributed by atoms with van der Waals surface area (Å²) in [4.78, 5) is 10.5. The second-order valence-corrected chi connectivity index (χ2v) is 11.4. The maximum absolute atomic E-state index is 5.23. The molecule has 44 heavy (non-hydrogen) atoms. The fraction of sp³-hybridized carbons (Fsp3) is 0. The number of rotatable bonds is 3. The van der Waals surface area contributed by atoms with E-state index in [1.165, 1.54) is 48.9 Å². The van der Waals surface area contributed by atoms with Gasteiger partial charge in [-0.15, -0.1) is 0 Å². The van der Waals surface area contributed by atoms with Crippen LogP contribution in [0.2, 0.25) is 0 Å². The van der Waals surface area contributed by atoms with Crippen LogP contribution in [0.3, 0.4) is 0 Å². The van der Waals surface area contributed by atoms with Gasteiger partial charge in [0.2, 0.25) is 5.95 Å². The zero-order valence-corrected chi connectivity index (χ0v) is 23.6. The molecule has 0 radical (unpaired) electrons. The highest BCUT2D eigenvalue weighted by Gasteiger charge is 2.23. The molecule has 6 aromatic carbocycles. The molecule has 0 saturated heterocycles. The van der Waals surface area contributed by atoms with E-state index in [0.29, 0.717) is 5.95 Å². The molecule has 0 unspecified atom stereocenters. The molecule has 204 valence electrons. The third-order valence-electron chi connectivity index (χ3n) is 9.07. The summed E-state index contributed by atoms with van der Waals surface area (Å²) < 4.78 is 4.72. The van der Waals surface area contributed by atoms with Crippen molar-refractivity contribution in [2.75, 3.05) is 0 Å². The quantitative estimate of drug-likeness (QED) is 0.215. The van der Waals surface area contributed by atoms with E-state index in [1.54, 1.807) is 0 Å². The molecule has 4 heteroatoms. The average molecular weight is 561 g/mol. The molecule has 0 spiro atoms. The van der Waals surface area contributed by atoms with Crippen molar-refractivity contribution >= 4 is 59.9 Å². The van der Waals surface area contributed by atoms with Crippen LogP contribution in [-0.4, -0.2) is 18.9 Å². The van der Waals surface area contributed by atoms with Crippen LogP contribution in [0.4, 0.5) is 0 Å². The molecule has 0 bridgehead atoms.